The molecule has 0 bridgehead atoms. The number of carbonyl (C=O) groups excluding carboxylic acids is 1. The van der Waals surface area contributed by atoms with Gasteiger partial charge in [0.05, 0.1) is 0 Å². The lowest BCUT2D eigenvalue weighted by Crippen LogP contribution is -2.44. The molecule has 0 spiro atoms. The molecule has 1 amide bonds. The topological polar surface area (TPSA) is 96.7 Å². The Kier molecular flexibility index (Phi) is 3.88. The molecule has 1 heterocycles. The number of aromatic nitrogens is 3. The number of nitrogen functional groups attached to an aromatic ring is 1. The van der Waals surface area contributed by atoms with Gasteiger partial charge in [-0.25, -0.2) is 0 Å². The van der Waals surface area contributed by atoms with Crippen molar-refractivity contribution in [2.24, 2.45) is 0 Å². The van der Waals surface area contributed by atoms with Gasteiger partial charge in [0.15, 0.2) is 0 Å². The van der Waals surface area contributed by atoms with Crippen LogP contribution in [0.2, 0.25) is 0 Å². The van der Waals surface area contributed by atoms with Gasteiger partial charge in [0, 0.05) is 11.3 Å². The number of rotatable bonds is 3. The van der Waals surface area contributed by atoms with Crippen molar-refractivity contribution >= 4 is 23.6 Å². The number of nitrogens with one attached hydrogen (secondary N) is 2. The zero-order valence-electron chi connectivity index (χ0n) is 9.77. The van der Waals surface area contributed by atoms with Crippen LogP contribution in [0.3, 0.4) is 0 Å². The summed E-state index contributed by atoms with van der Waals surface area (Å²) in [5.41, 5.74) is 5.37. The van der Waals surface area contributed by atoms with Gasteiger partial charge in [-0.1, -0.05) is 12.8 Å². The second-order valence-electron chi connectivity index (χ2n) is 4.18. The van der Waals surface area contributed by atoms with E-state index in [1.807, 2.05) is 11.8 Å². The molecule has 0 aliphatic heterocycles. The molecule has 1 aromatic rings. The Morgan fingerprint density at radius 2 is 2.29 bits per heavy atom. The summed E-state index contributed by atoms with van der Waals surface area (Å²) < 4.78 is 0. The fourth-order valence-corrected chi connectivity index (χ4v) is 3.09. The molecule has 6 nitrogen and oxygen atoms in total. The number of nitrogens with zero attached hydrogens (tertiary/aromatic N) is 2. The maximum absolute atomic E-state index is 11.9. The van der Waals surface area contributed by atoms with Gasteiger partial charge in [-0.05, 0) is 19.1 Å². The van der Waals surface area contributed by atoms with Gasteiger partial charge in [-0.15, -0.1) is 5.10 Å². The highest BCUT2D eigenvalue weighted by molar-refractivity contribution is 7.99. The monoisotopic (exact) mass is 255 g/mol. The van der Waals surface area contributed by atoms with Gasteiger partial charge in [0.25, 0.3) is 5.91 Å². The van der Waals surface area contributed by atoms with E-state index in [1.54, 1.807) is 0 Å². The van der Waals surface area contributed by atoms with Gasteiger partial charge in [0.1, 0.15) is 0 Å². The van der Waals surface area contributed by atoms with Crippen LogP contribution in [0, 0.1) is 0 Å². The number of H-pyrrole nitrogens is 1. The van der Waals surface area contributed by atoms with Crippen molar-refractivity contribution in [3.8, 4) is 0 Å². The molecule has 1 fully saturated rings. The predicted molar refractivity (Wildman–Crippen MR) is 67.8 cm³/mol. The van der Waals surface area contributed by atoms with Crippen LogP contribution >= 0.6 is 11.8 Å². The lowest BCUT2D eigenvalue weighted by atomic mass is 9.95. The Balaban J connectivity index is 1.97. The molecule has 1 saturated carbocycles. The molecule has 0 radical (unpaired) electrons. The third-order valence-corrected chi connectivity index (χ3v) is 4.21. The van der Waals surface area contributed by atoms with Crippen LogP contribution in [0.4, 0.5) is 5.95 Å². The molecular weight excluding hydrogens is 238 g/mol. The number of amides is 1. The van der Waals surface area contributed by atoms with Crippen molar-refractivity contribution in [3.05, 3.63) is 5.82 Å². The highest BCUT2D eigenvalue weighted by atomic mass is 32.2. The zero-order chi connectivity index (χ0) is 12.3. The molecule has 2 rings (SSSR count). The van der Waals surface area contributed by atoms with Gasteiger partial charge < -0.3 is 11.1 Å². The fourth-order valence-electron chi connectivity index (χ4n) is 2.16. The van der Waals surface area contributed by atoms with Crippen LogP contribution in [0.1, 0.15) is 36.3 Å². The number of anilines is 1. The fraction of sp³-hybridized carbons (Fsp3) is 0.700. The molecule has 1 aromatic heterocycles. The lowest BCUT2D eigenvalue weighted by molar-refractivity contribution is 0.0919. The Labute approximate surface area is 104 Å². The molecule has 4 N–H and O–H groups in total. The Morgan fingerprint density at radius 1 is 1.53 bits per heavy atom. The van der Waals surface area contributed by atoms with Crippen LogP contribution in [0.5, 0.6) is 0 Å². The molecule has 0 saturated heterocycles. The summed E-state index contributed by atoms with van der Waals surface area (Å²) in [6.07, 6.45) is 6.68. The van der Waals surface area contributed by atoms with Crippen molar-refractivity contribution < 1.29 is 4.79 Å². The minimum Gasteiger partial charge on any atom is -0.366 e. The molecule has 94 valence electrons. The molecule has 0 aromatic carbocycles. The van der Waals surface area contributed by atoms with Crippen LogP contribution in [-0.2, 0) is 0 Å². The van der Waals surface area contributed by atoms with E-state index in [0.29, 0.717) is 5.25 Å². The standard InChI is InChI=1S/C10H17N5OS/c1-17-7-5-3-2-4-6(7)12-9(16)8-13-10(11)15-14-8/h6-7H,2-5H2,1H3,(H,12,16)(H3,11,13,14,15). The van der Waals surface area contributed by atoms with E-state index in [0.717, 1.165) is 12.8 Å². The number of aromatic amines is 1. The van der Waals surface area contributed by atoms with Gasteiger partial charge in [-0.3, -0.25) is 9.89 Å². The van der Waals surface area contributed by atoms with Crippen LogP contribution < -0.4 is 11.1 Å². The third kappa shape index (κ3) is 2.91. The average Bonchev–Trinajstić information content (AvgIpc) is 2.77. The molecular formula is C10H17N5OS. The molecule has 7 heteroatoms. The normalized spacial score (nSPS) is 24.5. The number of carbonyl (C=O) groups is 1. The van der Waals surface area contributed by atoms with E-state index in [-0.39, 0.29) is 23.7 Å². The first-order valence-corrected chi connectivity index (χ1v) is 7.01. The van der Waals surface area contributed by atoms with Crippen molar-refractivity contribution in [3.63, 3.8) is 0 Å². The van der Waals surface area contributed by atoms with Crippen LogP contribution in [0.25, 0.3) is 0 Å². The summed E-state index contributed by atoms with van der Waals surface area (Å²) in [4.78, 5) is 15.7. The second-order valence-corrected chi connectivity index (χ2v) is 5.26. The zero-order valence-corrected chi connectivity index (χ0v) is 10.6. The first kappa shape index (κ1) is 12.2. The smallest absolute Gasteiger partial charge is 0.288 e. The van der Waals surface area contributed by atoms with Gasteiger partial charge in [-0.2, -0.15) is 16.7 Å². The SMILES string of the molecule is CSC1CCCCC1NC(=O)c1nc(N)n[nH]1. The maximum atomic E-state index is 11.9. The van der Waals surface area contributed by atoms with Crippen LogP contribution in [0.15, 0.2) is 0 Å². The summed E-state index contributed by atoms with van der Waals surface area (Å²) in [7, 11) is 0. The van der Waals surface area contributed by atoms with Crippen LogP contribution in [-0.4, -0.2) is 38.6 Å². The minimum atomic E-state index is -0.222. The van der Waals surface area contributed by atoms with E-state index < -0.39 is 0 Å². The van der Waals surface area contributed by atoms with Crippen molar-refractivity contribution in [1.29, 1.82) is 0 Å². The largest absolute Gasteiger partial charge is 0.366 e. The minimum absolute atomic E-state index is 0.0974. The first-order chi connectivity index (χ1) is 8.20. The van der Waals surface area contributed by atoms with Crippen molar-refractivity contribution in [1.82, 2.24) is 20.5 Å². The number of thioether (sulfide) groups is 1. The van der Waals surface area contributed by atoms with Crippen molar-refractivity contribution in [2.45, 2.75) is 37.0 Å². The highest BCUT2D eigenvalue weighted by Crippen LogP contribution is 2.27. The Morgan fingerprint density at radius 3 is 2.94 bits per heavy atom. The molecule has 2 unspecified atom stereocenters. The Hall–Kier alpha value is -1.24. The molecule has 1 aliphatic rings. The average molecular weight is 255 g/mol. The summed E-state index contributed by atoms with van der Waals surface area (Å²) in [6.45, 7) is 0. The van der Waals surface area contributed by atoms with E-state index in [1.165, 1.54) is 12.8 Å². The molecule has 17 heavy (non-hydrogen) atoms. The third-order valence-electron chi connectivity index (χ3n) is 3.04. The highest BCUT2D eigenvalue weighted by Gasteiger charge is 2.26. The Bertz CT molecular complexity index is 394. The first-order valence-electron chi connectivity index (χ1n) is 5.72. The van der Waals surface area contributed by atoms with Crippen molar-refractivity contribution in [2.75, 3.05) is 12.0 Å². The van der Waals surface area contributed by atoms with E-state index in [9.17, 15) is 4.79 Å². The lowest BCUT2D eigenvalue weighted by Gasteiger charge is -2.30. The predicted octanol–water partition coefficient (Wildman–Crippen LogP) is 0.791. The molecule has 1 aliphatic carbocycles. The summed E-state index contributed by atoms with van der Waals surface area (Å²) in [5.74, 6) is 0.0632. The van der Waals surface area contributed by atoms with E-state index in [4.69, 9.17) is 5.73 Å². The number of nitrogens with two attached hydrogens (primary N) is 1. The number of hydrogen-bond acceptors (Lipinski definition) is 5. The van der Waals surface area contributed by atoms with Gasteiger partial charge >= 0.3 is 0 Å². The van der Waals surface area contributed by atoms with Gasteiger partial charge in [0.2, 0.25) is 11.8 Å². The quantitative estimate of drug-likeness (QED) is 0.742. The second kappa shape index (κ2) is 5.39. The summed E-state index contributed by atoms with van der Waals surface area (Å²) in [5, 5.41) is 9.66. The maximum Gasteiger partial charge on any atom is 0.288 e. The van der Waals surface area contributed by atoms with E-state index in [2.05, 4.69) is 26.8 Å². The van der Waals surface area contributed by atoms with E-state index >= 15 is 0 Å². The number of hydrogen-bond donors (Lipinski definition) is 3. The molecule has 2 atom stereocenters. The summed E-state index contributed by atoms with van der Waals surface area (Å²) >= 11 is 1.81. The summed E-state index contributed by atoms with van der Waals surface area (Å²) in [6, 6.07) is 0.220.